The Balaban J connectivity index is 2.58. The molecule has 1 amide bonds. The Morgan fingerprint density at radius 2 is 1.95 bits per heavy atom. The van der Waals surface area contributed by atoms with Crippen molar-refractivity contribution in [2.24, 2.45) is 22.2 Å². The van der Waals surface area contributed by atoms with Gasteiger partial charge in [-0.15, -0.1) is 0 Å². The van der Waals surface area contributed by atoms with Crippen LogP contribution in [0.5, 0.6) is 0 Å². The number of rotatable bonds is 7. The smallest absolute Gasteiger partial charge is 0.304 e. The molecule has 20 heavy (non-hydrogen) atoms. The van der Waals surface area contributed by atoms with Crippen LogP contribution < -0.4 is 27.5 Å². The molecule has 8 nitrogen and oxygen atoms in total. The number of nitroso groups, excluding NO2 is 1. The molecule has 0 aromatic heterocycles. The Morgan fingerprint density at radius 1 is 1.30 bits per heavy atom. The number of carbonyl (C=O) groups excluding carboxylic acids is 1. The maximum atomic E-state index is 12.1. The lowest BCUT2D eigenvalue weighted by Crippen LogP contribution is -2.82. The summed E-state index contributed by atoms with van der Waals surface area (Å²) in [5.41, 5.74) is 16.6. The zero-order valence-electron chi connectivity index (χ0n) is 11.0. The second kappa shape index (κ2) is 7.85. The molecule has 0 bridgehead atoms. The van der Waals surface area contributed by atoms with Crippen LogP contribution in [-0.4, -0.2) is 24.5 Å². The second-order valence-corrected chi connectivity index (χ2v) is 4.16. The third-order valence-corrected chi connectivity index (χ3v) is 2.61. The van der Waals surface area contributed by atoms with Crippen LogP contribution in [0.25, 0.3) is 0 Å². The maximum absolute atomic E-state index is 12.1. The number of hydrogen-bond donors (Lipinski definition) is 4. The molecule has 1 rings (SSSR count). The highest BCUT2D eigenvalue weighted by atomic mass is 16.3. The van der Waals surface area contributed by atoms with E-state index in [1.165, 1.54) is 0 Å². The number of para-hydroxylation sites is 1. The molecular formula is C12H19N6O2+. The minimum Gasteiger partial charge on any atom is -0.370 e. The van der Waals surface area contributed by atoms with Crippen LogP contribution in [0.15, 0.2) is 35.3 Å². The Bertz CT molecular complexity index is 472. The van der Waals surface area contributed by atoms with Gasteiger partial charge in [-0.25, -0.2) is 0 Å². The molecule has 8 heteroatoms. The van der Waals surface area contributed by atoms with Crippen LogP contribution >= 0.6 is 0 Å². The van der Waals surface area contributed by atoms with Gasteiger partial charge in [0.1, 0.15) is 11.0 Å². The highest BCUT2D eigenvalue weighted by Crippen LogP contribution is 2.10. The summed E-state index contributed by atoms with van der Waals surface area (Å²) in [6.07, 6.45) is 0.924. The lowest BCUT2D eigenvalue weighted by molar-refractivity contribution is -0.484. The normalized spacial score (nSPS) is 11.4. The van der Waals surface area contributed by atoms with E-state index in [0.717, 1.165) is 5.01 Å². The molecule has 0 unspecified atom stereocenters. The van der Waals surface area contributed by atoms with E-state index in [9.17, 15) is 9.70 Å². The van der Waals surface area contributed by atoms with Gasteiger partial charge in [0, 0.05) is 11.5 Å². The average molecular weight is 279 g/mol. The van der Waals surface area contributed by atoms with Crippen molar-refractivity contribution in [2.45, 2.75) is 18.9 Å². The number of nitrogens with one attached hydrogen (secondary N) is 1. The third kappa shape index (κ3) is 4.65. The minimum absolute atomic E-state index is 0.00275. The van der Waals surface area contributed by atoms with E-state index >= 15 is 0 Å². The Morgan fingerprint density at radius 3 is 2.50 bits per heavy atom. The summed E-state index contributed by atoms with van der Waals surface area (Å²) in [7, 11) is 0. The average Bonchev–Trinajstić information content (AvgIpc) is 2.45. The maximum Gasteiger partial charge on any atom is 0.304 e. The first-order valence-corrected chi connectivity index (χ1v) is 6.14. The van der Waals surface area contributed by atoms with Crippen molar-refractivity contribution in [2.75, 3.05) is 11.6 Å². The first-order chi connectivity index (χ1) is 9.56. The Kier molecular flexibility index (Phi) is 6.11. The molecule has 108 valence electrons. The lowest BCUT2D eigenvalue weighted by atomic mass is 10.1. The van der Waals surface area contributed by atoms with Gasteiger partial charge in [-0.2, -0.15) is 0 Å². The van der Waals surface area contributed by atoms with Gasteiger partial charge in [0.25, 0.3) is 0 Å². The summed E-state index contributed by atoms with van der Waals surface area (Å²) in [5.74, 6) is -0.507. The van der Waals surface area contributed by atoms with Crippen molar-refractivity contribution in [3.63, 3.8) is 0 Å². The van der Waals surface area contributed by atoms with E-state index in [4.69, 9.17) is 17.2 Å². The van der Waals surface area contributed by atoms with Gasteiger partial charge < -0.3 is 17.2 Å². The predicted molar refractivity (Wildman–Crippen MR) is 76.1 cm³/mol. The number of benzene rings is 1. The number of carbonyl (C=O) groups is 1. The molecule has 0 fully saturated rings. The summed E-state index contributed by atoms with van der Waals surface area (Å²) in [5, 5.41) is 2.47. The van der Waals surface area contributed by atoms with Crippen LogP contribution in [0.3, 0.4) is 0 Å². The van der Waals surface area contributed by atoms with Crippen LogP contribution in [0.4, 0.5) is 5.69 Å². The van der Waals surface area contributed by atoms with Crippen molar-refractivity contribution in [3.8, 4) is 0 Å². The quantitative estimate of drug-likeness (QED) is 0.201. The number of hydrogen-bond acceptors (Lipinski definition) is 4. The molecule has 1 aromatic rings. The van der Waals surface area contributed by atoms with E-state index in [-0.39, 0.29) is 5.96 Å². The fraction of sp³-hybridized carbons (Fsp3) is 0.333. The number of guanidine groups is 1. The van der Waals surface area contributed by atoms with E-state index in [1.54, 1.807) is 35.6 Å². The predicted octanol–water partition coefficient (Wildman–Crippen LogP) is -1.84. The summed E-state index contributed by atoms with van der Waals surface area (Å²) < 4.78 is 0. The van der Waals surface area contributed by atoms with E-state index in [1.807, 2.05) is 0 Å². The van der Waals surface area contributed by atoms with Gasteiger partial charge >= 0.3 is 5.91 Å². The molecule has 0 aliphatic heterocycles. The molecule has 1 atom stereocenters. The molecule has 7 N–H and O–H groups in total. The van der Waals surface area contributed by atoms with Gasteiger partial charge in [0.15, 0.2) is 5.96 Å². The number of aliphatic imine (C=N–C) groups is 1. The first-order valence-electron chi connectivity index (χ1n) is 6.14. The van der Waals surface area contributed by atoms with Crippen LogP contribution in [0, 0.1) is 4.91 Å². The Hall–Kier alpha value is -2.48. The van der Waals surface area contributed by atoms with Crippen LogP contribution in [0.1, 0.15) is 12.8 Å². The summed E-state index contributed by atoms with van der Waals surface area (Å²) >= 11 is 0. The van der Waals surface area contributed by atoms with Crippen LogP contribution in [0.2, 0.25) is 0 Å². The number of hydrazine groups is 1. The van der Waals surface area contributed by atoms with Gasteiger partial charge in [-0.3, -0.25) is 9.79 Å². The van der Waals surface area contributed by atoms with Crippen molar-refractivity contribution >= 4 is 17.6 Å². The monoisotopic (exact) mass is 279 g/mol. The number of anilines is 1. The SMILES string of the molecule is NC(N)=NCCC[C@H](N)C(=O)N([NH+]=O)c1ccccc1. The van der Waals surface area contributed by atoms with E-state index in [2.05, 4.69) is 4.99 Å². The molecule has 0 heterocycles. The van der Waals surface area contributed by atoms with E-state index < -0.39 is 11.9 Å². The fourth-order valence-corrected chi connectivity index (χ4v) is 1.61. The standard InChI is InChI=1S/C12H18N6O2/c13-10(7-4-8-16-12(14)15)11(19)18(17-20)9-5-2-1-3-6-9/h1-3,5-6,10H,4,7-8,13H2,(H4,14,15,16)/p+1/t10-/m0/s1. The molecule has 1 aromatic carbocycles. The summed E-state index contributed by atoms with van der Waals surface area (Å²) in [6.45, 7) is 0.388. The molecular weight excluding hydrogens is 260 g/mol. The zero-order chi connectivity index (χ0) is 15.0. The Labute approximate surface area is 116 Å². The third-order valence-electron chi connectivity index (χ3n) is 2.61. The summed E-state index contributed by atoms with van der Waals surface area (Å²) in [4.78, 5) is 26.8. The topological polar surface area (TPSA) is 142 Å². The molecule has 0 aliphatic carbocycles. The number of nitrogens with two attached hydrogens (primary N) is 3. The number of amides is 1. The second-order valence-electron chi connectivity index (χ2n) is 4.16. The molecule has 0 saturated carbocycles. The lowest BCUT2D eigenvalue weighted by Gasteiger charge is -2.13. The van der Waals surface area contributed by atoms with Crippen LogP contribution in [-0.2, 0) is 4.79 Å². The molecule has 0 radical (unpaired) electrons. The minimum atomic E-state index is -0.800. The first kappa shape index (κ1) is 15.6. The fourth-order valence-electron chi connectivity index (χ4n) is 1.61. The van der Waals surface area contributed by atoms with Crippen molar-refractivity contribution in [3.05, 3.63) is 35.2 Å². The molecule has 0 spiro atoms. The summed E-state index contributed by atoms with van der Waals surface area (Å²) in [6, 6.07) is 7.69. The van der Waals surface area contributed by atoms with Gasteiger partial charge in [-0.1, -0.05) is 18.2 Å². The van der Waals surface area contributed by atoms with Crippen molar-refractivity contribution in [1.82, 2.24) is 0 Å². The van der Waals surface area contributed by atoms with E-state index in [0.29, 0.717) is 25.1 Å². The highest BCUT2D eigenvalue weighted by Gasteiger charge is 2.27. The van der Waals surface area contributed by atoms with Gasteiger partial charge in [0.2, 0.25) is 0 Å². The molecule has 0 aliphatic rings. The van der Waals surface area contributed by atoms with Crippen molar-refractivity contribution < 1.29 is 10.1 Å². The van der Waals surface area contributed by atoms with Crippen molar-refractivity contribution in [1.29, 1.82) is 0 Å². The van der Waals surface area contributed by atoms with Gasteiger partial charge in [-0.05, 0) is 30.0 Å². The highest BCUT2D eigenvalue weighted by molar-refractivity contribution is 5.94. The number of nitrogens with zero attached hydrogens (tertiary/aromatic N) is 2. The van der Waals surface area contributed by atoms with Gasteiger partial charge in [0.05, 0.1) is 6.04 Å². The molecule has 0 saturated heterocycles. The zero-order valence-corrected chi connectivity index (χ0v) is 11.0. The largest absolute Gasteiger partial charge is 0.370 e.